The molecule has 0 bridgehead atoms. The lowest BCUT2D eigenvalue weighted by Gasteiger charge is -2.23. The van der Waals surface area contributed by atoms with Crippen LogP contribution in [0.25, 0.3) is 0 Å². The standard InChI is InChI=1S/C15H17ClN2O2S/c1-3-20-15(19)12-6-11(17)7-13(16)14(12)18(2)8-10-4-5-21-9-10/h4-7,9H,3,8,17H2,1-2H3. The molecule has 2 N–H and O–H groups in total. The summed E-state index contributed by atoms with van der Waals surface area (Å²) in [5.74, 6) is -0.418. The van der Waals surface area contributed by atoms with Gasteiger partial charge in [0.05, 0.1) is 22.9 Å². The molecule has 0 aliphatic heterocycles. The first-order valence-corrected chi connectivity index (χ1v) is 7.83. The van der Waals surface area contributed by atoms with E-state index in [0.717, 1.165) is 5.56 Å². The first-order chi connectivity index (χ1) is 10.0. The van der Waals surface area contributed by atoms with Crippen LogP contribution in [0.4, 0.5) is 11.4 Å². The fraction of sp³-hybridized carbons (Fsp3) is 0.267. The van der Waals surface area contributed by atoms with Crippen LogP contribution in [0.15, 0.2) is 29.0 Å². The van der Waals surface area contributed by atoms with Crippen LogP contribution < -0.4 is 10.6 Å². The Labute approximate surface area is 133 Å². The van der Waals surface area contributed by atoms with Crippen molar-refractivity contribution in [3.8, 4) is 0 Å². The molecule has 4 nitrogen and oxygen atoms in total. The molecule has 1 heterocycles. The smallest absolute Gasteiger partial charge is 0.340 e. The van der Waals surface area contributed by atoms with Crippen molar-refractivity contribution >= 4 is 40.3 Å². The number of hydrogen-bond acceptors (Lipinski definition) is 5. The highest BCUT2D eigenvalue weighted by Crippen LogP contribution is 2.33. The Kier molecular flexibility index (Phi) is 5.09. The minimum absolute atomic E-state index is 0.305. The Morgan fingerprint density at radius 1 is 1.48 bits per heavy atom. The summed E-state index contributed by atoms with van der Waals surface area (Å²) in [4.78, 5) is 14.0. The summed E-state index contributed by atoms with van der Waals surface area (Å²) in [5.41, 5.74) is 8.41. The van der Waals surface area contributed by atoms with E-state index < -0.39 is 5.97 Å². The van der Waals surface area contributed by atoms with Crippen LogP contribution in [0.3, 0.4) is 0 Å². The van der Waals surface area contributed by atoms with Gasteiger partial charge in [-0.25, -0.2) is 4.79 Å². The van der Waals surface area contributed by atoms with E-state index >= 15 is 0 Å². The summed E-state index contributed by atoms with van der Waals surface area (Å²) >= 11 is 7.92. The molecule has 2 rings (SSSR count). The maximum absolute atomic E-state index is 12.1. The van der Waals surface area contributed by atoms with E-state index in [1.807, 2.05) is 23.4 Å². The number of hydrogen-bond donors (Lipinski definition) is 1. The van der Waals surface area contributed by atoms with Gasteiger partial charge >= 0.3 is 5.97 Å². The number of halogens is 1. The molecule has 0 saturated heterocycles. The molecule has 0 amide bonds. The largest absolute Gasteiger partial charge is 0.462 e. The summed E-state index contributed by atoms with van der Waals surface area (Å²) in [7, 11) is 1.89. The highest BCUT2D eigenvalue weighted by atomic mass is 35.5. The molecule has 6 heteroatoms. The lowest BCUT2D eigenvalue weighted by molar-refractivity contribution is 0.0527. The fourth-order valence-electron chi connectivity index (χ4n) is 2.11. The van der Waals surface area contributed by atoms with Crippen molar-refractivity contribution in [2.45, 2.75) is 13.5 Å². The number of nitrogens with zero attached hydrogens (tertiary/aromatic N) is 1. The number of carbonyl (C=O) groups is 1. The Morgan fingerprint density at radius 2 is 2.24 bits per heavy atom. The van der Waals surface area contributed by atoms with Crippen LogP contribution in [0, 0.1) is 0 Å². The van der Waals surface area contributed by atoms with Crippen molar-refractivity contribution in [3.63, 3.8) is 0 Å². The molecule has 112 valence electrons. The van der Waals surface area contributed by atoms with Gasteiger partial charge in [0, 0.05) is 19.3 Å². The summed E-state index contributed by atoms with van der Waals surface area (Å²) < 4.78 is 5.09. The molecular weight excluding hydrogens is 308 g/mol. The van der Waals surface area contributed by atoms with Gasteiger partial charge in [0.25, 0.3) is 0 Å². The van der Waals surface area contributed by atoms with Crippen molar-refractivity contribution in [2.24, 2.45) is 0 Å². The third-order valence-corrected chi connectivity index (χ3v) is 3.98. The normalized spacial score (nSPS) is 10.4. The molecule has 0 spiro atoms. The zero-order valence-corrected chi connectivity index (χ0v) is 13.5. The van der Waals surface area contributed by atoms with E-state index in [-0.39, 0.29) is 0 Å². The fourth-order valence-corrected chi connectivity index (χ4v) is 3.14. The number of benzene rings is 1. The van der Waals surface area contributed by atoms with Gasteiger partial charge in [-0.2, -0.15) is 11.3 Å². The van der Waals surface area contributed by atoms with Gasteiger partial charge in [-0.05, 0) is 41.4 Å². The SMILES string of the molecule is CCOC(=O)c1cc(N)cc(Cl)c1N(C)Cc1ccsc1. The zero-order valence-electron chi connectivity index (χ0n) is 11.9. The van der Waals surface area contributed by atoms with Gasteiger partial charge in [-0.3, -0.25) is 0 Å². The van der Waals surface area contributed by atoms with Crippen molar-refractivity contribution in [1.29, 1.82) is 0 Å². The number of rotatable bonds is 5. The molecule has 1 aromatic carbocycles. The molecule has 0 aliphatic carbocycles. The van der Waals surface area contributed by atoms with Crippen LogP contribution in [-0.2, 0) is 11.3 Å². The molecule has 0 unspecified atom stereocenters. The van der Waals surface area contributed by atoms with Crippen molar-refractivity contribution in [3.05, 3.63) is 45.1 Å². The van der Waals surface area contributed by atoms with Crippen LogP contribution in [0.2, 0.25) is 5.02 Å². The van der Waals surface area contributed by atoms with Crippen LogP contribution in [0.1, 0.15) is 22.8 Å². The third kappa shape index (κ3) is 3.68. The van der Waals surface area contributed by atoms with Crippen molar-refractivity contribution < 1.29 is 9.53 Å². The Balaban J connectivity index is 2.38. The number of esters is 1. The predicted molar refractivity (Wildman–Crippen MR) is 88.2 cm³/mol. The van der Waals surface area contributed by atoms with Crippen molar-refractivity contribution in [1.82, 2.24) is 0 Å². The molecule has 1 aromatic heterocycles. The lowest BCUT2D eigenvalue weighted by atomic mass is 10.1. The third-order valence-electron chi connectivity index (χ3n) is 2.96. The Hall–Kier alpha value is -1.72. The number of thiophene rings is 1. The van der Waals surface area contributed by atoms with Gasteiger partial charge in [0.15, 0.2) is 0 Å². The average molecular weight is 325 g/mol. The average Bonchev–Trinajstić information content (AvgIpc) is 2.90. The minimum atomic E-state index is -0.418. The summed E-state index contributed by atoms with van der Waals surface area (Å²) in [5, 5.41) is 4.52. The predicted octanol–water partition coefficient (Wildman–Crippen LogP) is 3.80. The lowest BCUT2D eigenvalue weighted by Crippen LogP contribution is -2.20. The van der Waals surface area contributed by atoms with E-state index in [9.17, 15) is 4.79 Å². The first-order valence-electron chi connectivity index (χ1n) is 6.51. The van der Waals surface area contributed by atoms with Crippen LogP contribution in [-0.4, -0.2) is 19.6 Å². The zero-order chi connectivity index (χ0) is 15.4. The summed E-state index contributed by atoms with van der Waals surface area (Å²) in [6.07, 6.45) is 0. The molecule has 0 atom stereocenters. The number of ether oxygens (including phenoxy) is 1. The molecule has 2 aromatic rings. The number of nitrogens with two attached hydrogens (primary N) is 1. The quantitative estimate of drug-likeness (QED) is 0.671. The van der Waals surface area contributed by atoms with Gasteiger partial charge in [-0.15, -0.1) is 0 Å². The van der Waals surface area contributed by atoms with Gasteiger partial charge < -0.3 is 15.4 Å². The second-order valence-corrected chi connectivity index (χ2v) is 5.79. The highest BCUT2D eigenvalue weighted by Gasteiger charge is 2.20. The first kappa shape index (κ1) is 15.7. The monoisotopic (exact) mass is 324 g/mol. The van der Waals surface area contributed by atoms with Gasteiger partial charge in [0.1, 0.15) is 0 Å². The van der Waals surface area contributed by atoms with E-state index in [1.165, 1.54) is 0 Å². The number of carbonyl (C=O) groups excluding carboxylic acids is 1. The molecular formula is C15H17ClN2O2S. The van der Waals surface area contributed by atoms with E-state index in [0.29, 0.717) is 35.1 Å². The van der Waals surface area contributed by atoms with Gasteiger partial charge in [-0.1, -0.05) is 11.6 Å². The minimum Gasteiger partial charge on any atom is -0.462 e. The van der Waals surface area contributed by atoms with E-state index in [2.05, 4.69) is 5.38 Å². The maximum atomic E-state index is 12.1. The molecule has 21 heavy (non-hydrogen) atoms. The second kappa shape index (κ2) is 6.83. The Bertz CT molecular complexity index is 629. The summed E-state index contributed by atoms with van der Waals surface area (Å²) in [6, 6.07) is 5.28. The Morgan fingerprint density at radius 3 is 2.86 bits per heavy atom. The number of nitrogen functional groups attached to an aromatic ring is 1. The van der Waals surface area contributed by atoms with Crippen LogP contribution >= 0.6 is 22.9 Å². The van der Waals surface area contributed by atoms with Crippen LogP contribution in [0.5, 0.6) is 0 Å². The summed E-state index contributed by atoms with van der Waals surface area (Å²) in [6.45, 7) is 2.72. The highest BCUT2D eigenvalue weighted by molar-refractivity contribution is 7.07. The van der Waals surface area contributed by atoms with E-state index in [1.54, 1.807) is 30.4 Å². The van der Waals surface area contributed by atoms with Gasteiger partial charge in [0.2, 0.25) is 0 Å². The number of anilines is 2. The molecule has 0 aliphatic rings. The second-order valence-electron chi connectivity index (χ2n) is 4.61. The molecule has 0 radical (unpaired) electrons. The molecule has 0 saturated carbocycles. The van der Waals surface area contributed by atoms with E-state index in [4.69, 9.17) is 22.1 Å². The van der Waals surface area contributed by atoms with Crippen molar-refractivity contribution in [2.75, 3.05) is 24.3 Å². The maximum Gasteiger partial charge on any atom is 0.340 e. The topological polar surface area (TPSA) is 55.6 Å². The molecule has 0 fully saturated rings.